The molecule has 0 aliphatic rings. The minimum Gasteiger partial charge on any atom is -0.333 e. The standard InChI is InChI=1S/C15H27NO/c1-5-8-9-12-15(4,6-2)13-10-11-14(17)16-7-3/h7-9H,3,5-6,10-13H2,1-2,4H3,(H,16,17)/b9-8-. The highest BCUT2D eigenvalue weighted by molar-refractivity contribution is 5.76. The van der Waals surface area contributed by atoms with E-state index >= 15 is 0 Å². The first-order valence-electron chi connectivity index (χ1n) is 6.63. The first kappa shape index (κ1) is 16.0. The van der Waals surface area contributed by atoms with Crippen LogP contribution in [0.2, 0.25) is 0 Å². The van der Waals surface area contributed by atoms with Gasteiger partial charge in [-0.1, -0.05) is 45.9 Å². The molecule has 2 nitrogen and oxygen atoms in total. The van der Waals surface area contributed by atoms with Crippen LogP contribution in [0.5, 0.6) is 0 Å². The van der Waals surface area contributed by atoms with Crippen molar-refractivity contribution < 1.29 is 4.79 Å². The molecule has 0 bridgehead atoms. The van der Waals surface area contributed by atoms with E-state index < -0.39 is 0 Å². The largest absolute Gasteiger partial charge is 0.333 e. The van der Waals surface area contributed by atoms with Crippen molar-refractivity contribution in [1.29, 1.82) is 0 Å². The number of allylic oxidation sites excluding steroid dienone is 2. The van der Waals surface area contributed by atoms with Crippen molar-refractivity contribution in [1.82, 2.24) is 5.32 Å². The van der Waals surface area contributed by atoms with Crippen molar-refractivity contribution in [3.05, 3.63) is 24.9 Å². The van der Waals surface area contributed by atoms with Gasteiger partial charge in [0.05, 0.1) is 0 Å². The molecule has 0 saturated carbocycles. The lowest BCUT2D eigenvalue weighted by molar-refractivity contribution is -0.120. The van der Waals surface area contributed by atoms with Crippen molar-refractivity contribution in [3.63, 3.8) is 0 Å². The van der Waals surface area contributed by atoms with E-state index in [1.165, 1.54) is 6.20 Å². The Bertz CT molecular complexity index is 258. The topological polar surface area (TPSA) is 29.1 Å². The lowest BCUT2D eigenvalue weighted by Crippen LogP contribution is -2.19. The van der Waals surface area contributed by atoms with Crippen LogP contribution >= 0.6 is 0 Å². The van der Waals surface area contributed by atoms with E-state index in [1.54, 1.807) is 0 Å². The highest BCUT2D eigenvalue weighted by atomic mass is 16.1. The van der Waals surface area contributed by atoms with Gasteiger partial charge in [-0.2, -0.15) is 0 Å². The van der Waals surface area contributed by atoms with Gasteiger partial charge < -0.3 is 5.32 Å². The summed E-state index contributed by atoms with van der Waals surface area (Å²) in [6, 6.07) is 0. The lowest BCUT2D eigenvalue weighted by atomic mass is 9.79. The summed E-state index contributed by atoms with van der Waals surface area (Å²) in [6.07, 6.45) is 12.0. The van der Waals surface area contributed by atoms with Crippen LogP contribution in [-0.2, 0) is 4.79 Å². The number of hydrogen-bond acceptors (Lipinski definition) is 1. The molecule has 17 heavy (non-hydrogen) atoms. The number of carbonyl (C=O) groups excluding carboxylic acids is 1. The molecule has 0 radical (unpaired) electrons. The maximum atomic E-state index is 11.3. The summed E-state index contributed by atoms with van der Waals surface area (Å²) in [5, 5.41) is 2.61. The van der Waals surface area contributed by atoms with Crippen LogP contribution in [0.3, 0.4) is 0 Å². The molecule has 1 unspecified atom stereocenters. The Balaban J connectivity index is 3.98. The predicted octanol–water partition coefficient (Wildman–Crippen LogP) is 4.19. The Morgan fingerprint density at radius 3 is 2.59 bits per heavy atom. The molecule has 0 aliphatic heterocycles. The van der Waals surface area contributed by atoms with Gasteiger partial charge >= 0.3 is 0 Å². The Morgan fingerprint density at radius 2 is 2.06 bits per heavy atom. The van der Waals surface area contributed by atoms with Crippen LogP contribution in [0.1, 0.15) is 59.3 Å². The normalized spacial score (nSPS) is 14.5. The minimum absolute atomic E-state index is 0.0718. The number of nitrogens with one attached hydrogen (secondary N) is 1. The second-order valence-corrected chi connectivity index (χ2v) is 4.87. The number of carbonyl (C=O) groups is 1. The summed E-state index contributed by atoms with van der Waals surface area (Å²) < 4.78 is 0. The third-order valence-electron chi connectivity index (χ3n) is 3.31. The van der Waals surface area contributed by atoms with Gasteiger partial charge in [0.15, 0.2) is 0 Å². The molecule has 0 aliphatic carbocycles. The lowest BCUT2D eigenvalue weighted by Gasteiger charge is -2.26. The van der Waals surface area contributed by atoms with E-state index in [-0.39, 0.29) is 5.91 Å². The van der Waals surface area contributed by atoms with E-state index in [0.29, 0.717) is 11.8 Å². The van der Waals surface area contributed by atoms with E-state index in [9.17, 15) is 4.79 Å². The molecule has 0 aromatic rings. The molecule has 1 amide bonds. The van der Waals surface area contributed by atoms with Crippen molar-refractivity contribution in [2.45, 2.75) is 59.3 Å². The van der Waals surface area contributed by atoms with Crippen LogP contribution in [0.4, 0.5) is 0 Å². The van der Waals surface area contributed by atoms with Crippen LogP contribution in [-0.4, -0.2) is 5.91 Å². The van der Waals surface area contributed by atoms with Gasteiger partial charge in [0.1, 0.15) is 0 Å². The molecular formula is C15H27NO. The van der Waals surface area contributed by atoms with E-state index in [2.05, 4.69) is 44.8 Å². The van der Waals surface area contributed by atoms with Crippen LogP contribution in [0.15, 0.2) is 24.9 Å². The molecule has 0 aromatic carbocycles. The van der Waals surface area contributed by atoms with Crippen LogP contribution in [0, 0.1) is 5.41 Å². The summed E-state index contributed by atoms with van der Waals surface area (Å²) in [5.41, 5.74) is 0.333. The van der Waals surface area contributed by atoms with Gasteiger partial charge in [0, 0.05) is 6.42 Å². The van der Waals surface area contributed by atoms with Crippen LogP contribution < -0.4 is 5.32 Å². The second kappa shape index (κ2) is 9.03. The zero-order valence-electron chi connectivity index (χ0n) is 11.6. The predicted molar refractivity (Wildman–Crippen MR) is 74.6 cm³/mol. The quantitative estimate of drug-likeness (QED) is 0.599. The molecular weight excluding hydrogens is 210 g/mol. The monoisotopic (exact) mass is 237 g/mol. The average molecular weight is 237 g/mol. The molecule has 1 atom stereocenters. The molecule has 0 heterocycles. The van der Waals surface area contributed by atoms with Crippen molar-refractivity contribution in [3.8, 4) is 0 Å². The van der Waals surface area contributed by atoms with Gasteiger partial charge in [-0.15, -0.1) is 0 Å². The molecule has 0 saturated heterocycles. The third-order valence-corrected chi connectivity index (χ3v) is 3.31. The zero-order chi connectivity index (χ0) is 13.1. The fourth-order valence-electron chi connectivity index (χ4n) is 1.82. The summed E-state index contributed by atoms with van der Waals surface area (Å²) in [7, 11) is 0. The minimum atomic E-state index is 0.0718. The summed E-state index contributed by atoms with van der Waals surface area (Å²) in [5.74, 6) is 0.0718. The summed E-state index contributed by atoms with van der Waals surface area (Å²) in [6.45, 7) is 10.2. The first-order chi connectivity index (χ1) is 8.08. The molecule has 98 valence electrons. The van der Waals surface area contributed by atoms with Crippen LogP contribution in [0.25, 0.3) is 0 Å². The summed E-state index contributed by atoms with van der Waals surface area (Å²) in [4.78, 5) is 11.3. The van der Waals surface area contributed by atoms with E-state index in [0.717, 1.165) is 32.1 Å². The van der Waals surface area contributed by atoms with Gasteiger partial charge in [-0.05, 0) is 37.3 Å². The highest BCUT2D eigenvalue weighted by Crippen LogP contribution is 2.32. The maximum Gasteiger partial charge on any atom is 0.223 e. The SMILES string of the molecule is C=CNC(=O)CCCC(C)(CC)C/C=C\CC. The average Bonchev–Trinajstić information content (AvgIpc) is 2.30. The molecule has 2 heteroatoms. The maximum absolute atomic E-state index is 11.3. The van der Waals surface area contributed by atoms with Crippen molar-refractivity contribution in [2.75, 3.05) is 0 Å². The smallest absolute Gasteiger partial charge is 0.223 e. The Labute approximate surface area is 106 Å². The third kappa shape index (κ3) is 7.78. The molecule has 1 N–H and O–H groups in total. The van der Waals surface area contributed by atoms with Gasteiger partial charge in [0.2, 0.25) is 5.91 Å². The van der Waals surface area contributed by atoms with Gasteiger partial charge in [-0.3, -0.25) is 4.79 Å². The molecule has 0 spiro atoms. The number of amides is 1. The van der Waals surface area contributed by atoms with Crippen molar-refractivity contribution in [2.24, 2.45) is 5.41 Å². The van der Waals surface area contributed by atoms with E-state index in [1.807, 2.05) is 0 Å². The molecule has 0 fully saturated rings. The van der Waals surface area contributed by atoms with Gasteiger partial charge in [0.25, 0.3) is 0 Å². The molecule has 0 aromatic heterocycles. The highest BCUT2D eigenvalue weighted by Gasteiger charge is 2.20. The Morgan fingerprint density at radius 1 is 1.35 bits per heavy atom. The van der Waals surface area contributed by atoms with E-state index in [4.69, 9.17) is 0 Å². The fourth-order valence-corrected chi connectivity index (χ4v) is 1.82. The Kier molecular flexibility index (Phi) is 8.47. The van der Waals surface area contributed by atoms with Gasteiger partial charge in [-0.25, -0.2) is 0 Å². The second-order valence-electron chi connectivity index (χ2n) is 4.87. The summed E-state index contributed by atoms with van der Waals surface area (Å²) >= 11 is 0. The zero-order valence-corrected chi connectivity index (χ0v) is 11.6. The molecule has 0 rings (SSSR count). The Hall–Kier alpha value is -1.05. The first-order valence-corrected chi connectivity index (χ1v) is 6.63. The number of hydrogen-bond donors (Lipinski definition) is 1. The van der Waals surface area contributed by atoms with Crippen molar-refractivity contribution >= 4 is 5.91 Å². The number of rotatable bonds is 9. The fraction of sp³-hybridized carbons (Fsp3) is 0.667.